The predicted octanol–water partition coefficient (Wildman–Crippen LogP) is 3.63. The minimum atomic E-state index is -0.129. The number of rotatable bonds is 2. The van der Waals surface area contributed by atoms with E-state index >= 15 is 0 Å². The first kappa shape index (κ1) is 23.7. The number of benzene rings is 2. The maximum atomic E-state index is 12.5. The van der Waals surface area contributed by atoms with Crippen LogP contribution in [0.15, 0.2) is 72.0 Å². The largest absolute Gasteiger partial charge is 0.375 e. The van der Waals surface area contributed by atoms with Crippen molar-refractivity contribution in [2.75, 3.05) is 32.8 Å². The fraction of sp³-hybridized carbons (Fsp3) is 0.333. The summed E-state index contributed by atoms with van der Waals surface area (Å²) >= 11 is 0. The molecule has 0 saturated carbocycles. The standard InChI is InChI=1S/C16H22N2O2.C11H8N4O/c1-13-11-18(9-10-20-13)16(19)17-8-7-15(12-17)14-5-3-2-4-6-14;16-11-9-3-7(8-4-14-15-5-8)1-2-10(9)12-6-13-11/h2-6,13,15H,7-12H2,1H3;1-6H,(H,14,15)(H,12,13,16)/t13-,15?;/m1./s1. The van der Waals surface area contributed by atoms with Crippen molar-refractivity contribution in [3.63, 3.8) is 0 Å². The maximum absolute atomic E-state index is 12.5. The van der Waals surface area contributed by atoms with Gasteiger partial charge < -0.3 is 19.5 Å². The van der Waals surface area contributed by atoms with Crippen LogP contribution in [-0.2, 0) is 4.74 Å². The first-order valence-electron chi connectivity index (χ1n) is 12.3. The summed E-state index contributed by atoms with van der Waals surface area (Å²) in [5.74, 6) is 0.485. The Morgan fingerprint density at radius 2 is 1.89 bits per heavy atom. The molecular weight excluding hydrogens is 456 g/mol. The van der Waals surface area contributed by atoms with Crippen molar-refractivity contribution in [2.45, 2.75) is 25.4 Å². The third-order valence-corrected chi connectivity index (χ3v) is 6.71. The highest BCUT2D eigenvalue weighted by molar-refractivity contribution is 5.83. The lowest BCUT2D eigenvalue weighted by Crippen LogP contribution is -2.49. The first-order valence-corrected chi connectivity index (χ1v) is 12.3. The van der Waals surface area contributed by atoms with E-state index in [2.05, 4.69) is 44.4 Å². The summed E-state index contributed by atoms with van der Waals surface area (Å²) < 4.78 is 5.50. The van der Waals surface area contributed by atoms with E-state index in [9.17, 15) is 9.59 Å². The predicted molar refractivity (Wildman–Crippen MR) is 138 cm³/mol. The molecule has 36 heavy (non-hydrogen) atoms. The Balaban J connectivity index is 0.000000152. The number of ether oxygens (including phenoxy) is 1. The van der Waals surface area contributed by atoms with Crippen LogP contribution in [0.25, 0.3) is 22.0 Å². The van der Waals surface area contributed by atoms with Crippen molar-refractivity contribution in [3.05, 3.63) is 83.2 Å². The van der Waals surface area contributed by atoms with E-state index in [1.54, 1.807) is 12.4 Å². The Labute approximate surface area is 209 Å². The van der Waals surface area contributed by atoms with E-state index in [1.807, 2.05) is 41.0 Å². The normalized spacial score (nSPS) is 19.7. The molecule has 9 nitrogen and oxygen atoms in total. The number of amides is 2. The molecule has 2 fully saturated rings. The molecule has 2 aromatic heterocycles. The third-order valence-electron chi connectivity index (χ3n) is 6.71. The smallest absolute Gasteiger partial charge is 0.320 e. The van der Waals surface area contributed by atoms with Gasteiger partial charge in [0.25, 0.3) is 5.56 Å². The summed E-state index contributed by atoms with van der Waals surface area (Å²) in [5, 5.41) is 7.20. The van der Waals surface area contributed by atoms with Gasteiger partial charge in [0, 0.05) is 43.9 Å². The Bertz CT molecular complexity index is 1350. The second-order valence-electron chi connectivity index (χ2n) is 9.20. The molecule has 1 unspecified atom stereocenters. The van der Waals surface area contributed by atoms with E-state index in [4.69, 9.17) is 4.74 Å². The number of hydrogen-bond acceptors (Lipinski definition) is 5. The second-order valence-corrected chi connectivity index (χ2v) is 9.20. The summed E-state index contributed by atoms with van der Waals surface area (Å²) in [4.78, 5) is 34.7. The lowest BCUT2D eigenvalue weighted by molar-refractivity contribution is -0.00825. The van der Waals surface area contributed by atoms with Crippen molar-refractivity contribution in [3.8, 4) is 11.1 Å². The molecule has 2 atom stereocenters. The Hall–Kier alpha value is -3.98. The van der Waals surface area contributed by atoms with Gasteiger partial charge in [-0.2, -0.15) is 5.10 Å². The van der Waals surface area contributed by atoms with Crippen molar-refractivity contribution < 1.29 is 9.53 Å². The van der Waals surface area contributed by atoms with Crippen LogP contribution in [0, 0.1) is 0 Å². The topological polar surface area (TPSA) is 107 Å². The van der Waals surface area contributed by atoms with Crippen LogP contribution in [0.4, 0.5) is 4.79 Å². The number of likely N-dealkylation sites (tertiary alicyclic amines) is 1. The Kier molecular flexibility index (Phi) is 7.08. The van der Waals surface area contributed by atoms with Gasteiger partial charge in [0.1, 0.15) is 0 Å². The Morgan fingerprint density at radius 1 is 1.06 bits per heavy atom. The van der Waals surface area contributed by atoms with Crippen molar-refractivity contribution in [2.24, 2.45) is 0 Å². The lowest BCUT2D eigenvalue weighted by atomic mass is 9.99. The summed E-state index contributed by atoms with van der Waals surface area (Å²) in [6.45, 7) is 5.82. The molecule has 0 aliphatic carbocycles. The SMILES string of the molecule is C[C@@H]1CN(C(=O)N2CCC(c3ccccc3)C2)CCO1.O=c1[nH]cnc2ccc(-c3cn[nH]c3)cc12. The van der Waals surface area contributed by atoms with Crippen molar-refractivity contribution in [1.82, 2.24) is 30.0 Å². The number of nitrogens with zero attached hydrogens (tertiary/aromatic N) is 4. The van der Waals surface area contributed by atoms with Crippen LogP contribution in [0.5, 0.6) is 0 Å². The summed E-state index contributed by atoms with van der Waals surface area (Å²) in [6.07, 6.45) is 6.12. The fourth-order valence-electron chi connectivity index (χ4n) is 4.78. The lowest BCUT2D eigenvalue weighted by Gasteiger charge is -2.34. The van der Waals surface area contributed by atoms with E-state index in [0.29, 0.717) is 30.0 Å². The quantitative estimate of drug-likeness (QED) is 0.450. The number of morpholine rings is 1. The van der Waals surface area contributed by atoms with Crippen LogP contribution < -0.4 is 5.56 Å². The number of H-pyrrole nitrogens is 2. The van der Waals surface area contributed by atoms with Gasteiger partial charge in [0.2, 0.25) is 0 Å². The highest BCUT2D eigenvalue weighted by atomic mass is 16.5. The van der Waals surface area contributed by atoms with E-state index in [1.165, 1.54) is 11.9 Å². The molecule has 2 saturated heterocycles. The summed E-state index contributed by atoms with van der Waals surface area (Å²) in [7, 11) is 0. The van der Waals surface area contributed by atoms with Crippen molar-refractivity contribution in [1.29, 1.82) is 0 Å². The highest BCUT2D eigenvalue weighted by Crippen LogP contribution is 2.28. The van der Waals surface area contributed by atoms with Gasteiger partial charge in [0.15, 0.2) is 0 Å². The number of carbonyl (C=O) groups excluding carboxylic acids is 1. The molecule has 2 aromatic carbocycles. The van der Waals surface area contributed by atoms with E-state index in [0.717, 1.165) is 37.2 Å². The van der Waals surface area contributed by atoms with Gasteiger partial charge in [-0.25, -0.2) is 9.78 Å². The minimum Gasteiger partial charge on any atom is -0.375 e. The summed E-state index contributed by atoms with van der Waals surface area (Å²) in [5.41, 5.74) is 3.80. The van der Waals surface area contributed by atoms with Gasteiger partial charge in [-0.15, -0.1) is 0 Å². The summed E-state index contributed by atoms with van der Waals surface area (Å²) in [6, 6.07) is 16.2. The molecule has 4 heterocycles. The average Bonchev–Trinajstić information content (AvgIpc) is 3.63. The van der Waals surface area contributed by atoms with Gasteiger partial charge in [-0.05, 0) is 36.6 Å². The monoisotopic (exact) mass is 486 g/mol. The third kappa shape index (κ3) is 5.31. The van der Waals surface area contributed by atoms with Gasteiger partial charge in [-0.3, -0.25) is 9.89 Å². The first-order chi connectivity index (χ1) is 17.6. The van der Waals surface area contributed by atoms with Gasteiger partial charge >= 0.3 is 6.03 Å². The van der Waals surface area contributed by atoms with Gasteiger partial charge in [0.05, 0.1) is 36.1 Å². The molecule has 0 spiro atoms. The number of aromatic amines is 2. The zero-order valence-electron chi connectivity index (χ0n) is 20.3. The maximum Gasteiger partial charge on any atom is 0.320 e. The number of hydrogen-bond donors (Lipinski definition) is 2. The molecule has 0 radical (unpaired) electrons. The molecule has 2 aliphatic heterocycles. The Morgan fingerprint density at radius 3 is 2.67 bits per heavy atom. The molecule has 4 aromatic rings. The van der Waals surface area contributed by atoms with E-state index < -0.39 is 0 Å². The van der Waals surface area contributed by atoms with Crippen LogP contribution >= 0.6 is 0 Å². The average molecular weight is 487 g/mol. The minimum absolute atomic E-state index is 0.129. The van der Waals surface area contributed by atoms with E-state index in [-0.39, 0.29) is 17.7 Å². The molecule has 2 amide bonds. The van der Waals surface area contributed by atoms with Gasteiger partial charge in [-0.1, -0.05) is 36.4 Å². The number of nitrogens with one attached hydrogen (secondary N) is 2. The van der Waals surface area contributed by atoms with Crippen molar-refractivity contribution >= 4 is 16.9 Å². The van der Waals surface area contributed by atoms with Crippen LogP contribution in [-0.4, -0.2) is 74.9 Å². The number of carbonyl (C=O) groups is 1. The second kappa shape index (κ2) is 10.7. The zero-order chi connectivity index (χ0) is 24.9. The molecule has 9 heteroatoms. The number of fused-ring (bicyclic) bond motifs is 1. The zero-order valence-corrected chi connectivity index (χ0v) is 20.3. The molecule has 6 rings (SSSR count). The molecule has 186 valence electrons. The van der Waals surface area contributed by atoms with Crippen LogP contribution in [0.2, 0.25) is 0 Å². The molecule has 2 N–H and O–H groups in total. The highest BCUT2D eigenvalue weighted by Gasteiger charge is 2.31. The number of urea groups is 1. The molecule has 2 aliphatic rings. The van der Waals surface area contributed by atoms with Crippen LogP contribution in [0.3, 0.4) is 0 Å². The number of aromatic nitrogens is 4. The van der Waals surface area contributed by atoms with Crippen LogP contribution in [0.1, 0.15) is 24.8 Å². The fourth-order valence-corrected chi connectivity index (χ4v) is 4.78. The molecule has 0 bridgehead atoms. The molecular formula is C27H30N6O3.